The van der Waals surface area contributed by atoms with Crippen molar-refractivity contribution in [1.29, 1.82) is 0 Å². The minimum atomic E-state index is -4.29. The lowest BCUT2D eigenvalue weighted by atomic mass is 10.1. The van der Waals surface area contributed by atoms with E-state index in [0.29, 0.717) is 22.4 Å². The monoisotopic (exact) mass is 437 g/mol. The van der Waals surface area contributed by atoms with E-state index in [1.807, 2.05) is 0 Å². The molecule has 2 aromatic heterocycles. The molecule has 3 rings (SSSR count). The predicted octanol–water partition coefficient (Wildman–Crippen LogP) is 4.01. The number of carbonyl (C=O) groups is 2. The number of hydrogen-bond acceptors (Lipinski definition) is 6. The van der Waals surface area contributed by atoms with Crippen molar-refractivity contribution < 1.29 is 32.2 Å². The Morgan fingerprint density at radius 2 is 2.06 bits per heavy atom. The van der Waals surface area contributed by atoms with Crippen LogP contribution in [0.4, 0.5) is 13.2 Å². The number of aromatic nitrogens is 2. The minimum Gasteiger partial charge on any atom is -0.491 e. The third-order valence-corrected chi connectivity index (χ3v) is 4.97. The van der Waals surface area contributed by atoms with Crippen LogP contribution >= 0.6 is 0 Å². The molecule has 3 heterocycles. The van der Waals surface area contributed by atoms with Crippen LogP contribution < -0.4 is 4.74 Å². The summed E-state index contributed by atoms with van der Waals surface area (Å²) in [6.07, 6.45) is -2.59. The first-order chi connectivity index (χ1) is 14.6. The molecule has 1 amide bonds. The molecule has 1 atom stereocenters. The van der Waals surface area contributed by atoms with Crippen molar-refractivity contribution in [2.45, 2.75) is 46.0 Å². The Labute approximate surface area is 177 Å². The van der Waals surface area contributed by atoms with Gasteiger partial charge in [-0.1, -0.05) is 0 Å². The average Bonchev–Trinajstić information content (AvgIpc) is 3.04. The van der Waals surface area contributed by atoms with E-state index in [2.05, 4.69) is 9.97 Å². The van der Waals surface area contributed by atoms with E-state index < -0.39 is 31.2 Å². The van der Waals surface area contributed by atoms with Gasteiger partial charge in [-0.2, -0.15) is 13.2 Å². The number of halogens is 3. The molecule has 0 radical (unpaired) electrons. The summed E-state index contributed by atoms with van der Waals surface area (Å²) in [5, 5.41) is 0. The molecule has 2 aromatic rings. The van der Waals surface area contributed by atoms with E-state index >= 15 is 0 Å². The summed E-state index contributed by atoms with van der Waals surface area (Å²) >= 11 is 0. The van der Waals surface area contributed by atoms with Crippen molar-refractivity contribution in [3.8, 4) is 5.75 Å². The molecular weight excluding hydrogens is 415 g/mol. The van der Waals surface area contributed by atoms with Gasteiger partial charge in [0.15, 0.2) is 5.69 Å². The van der Waals surface area contributed by atoms with Crippen molar-refractivity contribution >= 4 is 11.9 Å². The largest absolute Gasteiger partial charge is 0.491 e. The van der Waals surface area contributed by atoms with Gasteiger partial charge in [-0.25, -0.2) is 9.78 Å². The second kappa shape index (κ2) is 8.91. The molecule has 1 aliphatic heterocycles. The van der Waals surface area contributed by atoms with E-state index in [1.165, 1.54) is 12.4 Å². The Hall–Kier alpha value is -3.17. The smallest absolute Gasteiger partial charge is 0.392 e. The Morgan fingerprint density at radius 3 is 2.71 bits per heavy atom. The summed E-state index contributed by atoms with van der Waals surface area (Å²) in [5.41, 5.74) is 2.15. The van der Waals surface area contributed by atoms with Crippen molar-refractivity contribution in [1.82, 2.24) is 14.9 Å². The highest BCUT2D eigenvalue weighted by Crippen LogP contribution is 2.33. The summed E-state index contributed by atoms with van der Waals surface area (Å²) in [7, 11) is 0. The van der Waals surface area contributed by atoms with Gasteiger partial charge in [0.2, 0.25) is 0 Å². The lowest BCUT2D eigenvalue weighted by molar-refractivity contribution is -0.139. The summed E-state index contributed by atoms with van der Waals surface area (Å²) in [6.45, 7) is 5.04. The fraction of sp³-hybridized carbons (Fsp3) is 0.429. The molecular formula is C21H22F3N3O4. The maximum atomic E-state index is 12.9. The number of esters is 1. The van der Waals surface area contributed by atoms with Crippen LogP contribution in [0.3, 0.4) is 0 Å². The first-order valence-electron chi connectivity index (χ1n) is 9.74. The second-order valence-corrected chi connectivity index (χ2v) is 7.10. The zero-order chi connectivity index (χ0) is 22.8. The average molecular weight is 437 g/mol. The van der Waals surface area contributed by atoms with Gasteiger partial charge in [0.05, 0.1) is 37.6 Å². The van der Waals surface area contributed by atoms with Crippen LogP contribution in [-0.4, -0.2) is 46.1 Å². The number of pyridine rings is 2. The number of ether oxygens (including phenoxy) is 2. The van der Waals surface area contributed by atoms with E-state index in [-0.39, 0.29) is 30.5 Å². The number of carbonyl (C=O) groups excluding carboxylic acids is 2. The molecule has 0 spiro atoms. The number of fused-ring (bicyclic) bond motifs is 1. The number of amides is 1. The number of nitrogens with zero attached hydrogens (tertiary/aromatic N) is 3. The Bertz CT molecular complexity index is 994. The summed E-state index contributed by atoms with van der Waals surface area (Å²) in [5.74, 6) is -0.596. The van der Waals surface area contributed by atoms with Gasteiger partial charge in [0, 0.05) is 23.9 Å². The minimum absolute atomic E-state index is 0.111. The van der Waals surface area contributed by atoms with Gasteiger partial charge < -0.3 is 14.4 Å². The number of rotatable bonds is 7. The van der Waals surface area contributed by atoms with Crippen LogP contribution in [0.15, 0.2) is 24.5 Å². The molecule has 0 saturated heterocycles. The van der Waals surface area contributed by atoms with Crippen LogP contribution in [0.1, 0.15) is 64.0 Å². The van der Waals surface area contributed by atoms with Crippen molar-refractivity contribution in [2.24, 2.45) is 0 Å². The van der Waals surface area contributed by atoms with Gasteiger partial charge in [0.1, 0.15) is 5.75 Å². The Balaban J connectivity index is 1.76. The van der Waals surface area contributed by atoms with Crippen LogP contribution in [0, 0.1) is 6.92 Å². The zero-order valence-corrected chi connectivity index (χ0v) is 17.3. The first kappa shape index (κ1) is 22.5. The Morgan fingerprint density at radius 1 is 1.32 bits per heavy atom. The fourth-order valence-corrected chi connectivity index (χ4v) is 3.32. The van der Waals surface area contributed by atoms with Gasteiger partial charge >= 0.3 is 12.1 Å². The number of hydrogen-bond donors (Lipinski definition) is 0. The van der Waals surface area contributed by atoms with Gasteiger partial charge in [-0.05, 0) is 38.5 Å². The maximum Gasteiger partial charge on any atom is 0.392 e. The second-order valence-electron chi connectivity index (χ2n) is 7.10. The Kier molecular flexibility index (Phi) is 6.47. The fourth-order valence-electron chi connectivity index (χ4n) is 3.32. The third kappa shape index (κ3) is 4.95. The zero-order valence-electron chi connectivity index (χ0n) is 17.3. The van der Waals surface area contributed by atoms with Gasteiger partial charge in [0.25, 0.3) is 5.91 Å². The predicted molar refractivity (Wildman–Crippen MR) is 104 cm³/mol. The molecule has 0 N–H and O–H groups in total. The van der Waals surface area contributed by atoms with E-state index in [4.69, 9.17) is 9.47 Å². The van der Waals surface area contributed by atoms with Crippen molar-refractivity contribution in [3.63, 3.8) is 0 Å². The molecule has 0 saturated carbocycles. The molecule has 166 valence electrons. The van der Waals surface area contributed by atoms with Gasteiger partial charge in [-0.3, -0.25) is 9.78 Å². The van der Waals surface area contributed by atoms with Gasteiger partial charge in [-0.15, -0.1) is 0 Å². The normalized spacial score (nSPS) is 14.4. The van der Waals surface area contributed by atoms with Crippen LogP contribution in [0.5, 0.6) is 5.75 Å². The molecule has 0 aromatic carbocycles. The van der Waals surface area contributed by atoms with Crippen molar-refractivity contribution in [3.05, 3.63) is 52.6 Å². The van der Waals surface area contributed by atoms with E-state index in [9.17, 15) is 22.8 Å². The molecule has 10 heteroatoms. The molecule has 0 fully saturated rings. The van der Waals surface area contributed by atoms with Crippen molar-refractivity contribution in [2.75, 3.05) is 13.2 Å². The highest BCUT2D eigenvalue weighted by molar-refractivity contribution is 6.02. The highest BCUT2D eigenvalue weighted by Gasteiger charge is 2.35. The third-order valence-electron chi connectivity index (χ3n) is 4.97. The molecule has 1 aliphatic rings. The standard InChI is InChI=1S/C21H22F3N3O4/c1-4-30-20(29)18-15-11-27(19(28)14(15)5-7-25-18)13(3)16-9-12(2)17(10-26-16)31-8-6-21(22,23)24/h5,7,9-10,13H,4,6,8,11H2,1-3H3. The summed E-state index contributed by atoms with van der Waals surface area (Å²) < 4.78 is 47.1. The molecule has 0 bridgehead atoms. The maximum absolute atomic E-state index is 12.9. The SMILES string of the molecule is CCOC(=O)c1nccc2c1CN(C(C)c1cc(C)c(OCCC(F)(F)F)cn1)C2=O. The van der Waals surface area contributed by atoms with E-state index in [0.717, 1.165) is 0 Å². The lowest BCUT2D eigenvalue weighted by Crippen LogP contribution is -2.28. The summed E-state index contributed by atoms with van der Waals surface area (Å²) in [4.78, 5) is 35.0. The summed E-state index contributed by atoms with van der Waals surface area (Å²) in [6, 6.07) is 2.79. The van der Waals surface area contributed by atoms with E-state index in [1.54, 1.807) is 37.8 Å². The first-order valence-corrected chi connectivity index (χ1v) is 9.74. The quantitative estimate of drug-likeness (QED) is 0.609. The molecule has 1 unspecified atom stereocenters. The van der Waals surface area contributed by atoms with Crippen LogP contribution in [-0.2, 0) is 11.3 Å². The number of alkyl halides is 3. The molecule has 0 aliphatic carbocycles. The lowest BCUT2D eigenvalue weighted by Gasteiger charge is -2.24. The number of aryl methyl sites for hydroxylation is 1. The molecule has 7 nitrogen and oxygen atoms in total. The van der Waals surface area contributed by atoms with Crippen LogP contribution in [0.2, 0.25) is 0 Å². The topological polar surface area (TPSA) is 81.6 Å². The molecule has 31 heavy (non-hydrogen) atoms. The highest BCUT2D eigenvalue weighted by atomic mass is 19.4. The van der Waals surface area contributed by atoms with Crippen LogP contribution in [0.25, 0.3) is 0 Å².